The summed E-state index contributed by atoms with van der Waals surface area (Å²) in [6, 6.07) is 1.88. The molecule has 1 aliphatic carbocycles. The molecule has 0 unspecified atom stereocenters. The largest absolute Gasteiger partial charge is 0.481 e. The Bertz CT molecular complexity index is 679. The van der Waals surface area contributed by atoms with E-state index in [0.717, 1.165) is 34.7 Å². The van der Waals surface area contributed by atoms with Gasteiger partial charge in [0.2, 0.25) is 0 Å². The van der Waals surface area contributed by atoms with Crippen LogP contribution in [0, 0.1) is 0 Å². The lowest BCUT2D eigenvalue weighted by Crippen LogP contribution is -2.16. The molecule has 0 fully saturated rings. The highest BCUT2D eigenvalue weighted by molar-refractivity contribution is 7.09. The number of aliphatic carboxylic acids is 1. The number of carbonyl (C=O) groups is 1. The van der Waals surface area contributed by atoms with Gasteiger partial charge in [0.15, 0.2) is 0 Å². The van der Waals surface area contributed by atoms with E-state index in [1.807, 2.05) is 6.07 Å². The fourth-order valence-electron chi connectivity index (χ4n) is 2.48. The number of nitrogens with zero attached hydrogens (tertiary/aromatic N) is 1. The van der Waals surface area contributed by atoms with Gasteiger partial charge in [-0.2, -0.15) is 0 Å². The van der Waals surface area contributed by atoms with Crippen LogP contribution in [-0.4, -0.2) is 15.6 Å². The van der Waals surface area contributed by atoms with Gasteiger partial charge in [-0.1, -0.05) is 11.3 Å². The molecule has 1 N–H and O–H groups in total. The third-order valence-corrected chi connectivity index (χ3v) is 4.36. The summed E-state index contributed by atoms with van der Waals surface area (Å²) in [7, 11) is 0. The quantitative estimate of drug-likeness (QED) is 0.930. The Kier molecular flexibility index (Phi) is 3.02. The molecular formula is C13H13NO4S. The van der Waals surface area contributed by atoms with Crippen molar-refractivity contribution in [2.45, 2.75) is 32.2 Å². The number of aryl methyl sites for hydroxylation is 2. The molecular weight excluding hydrogens is 266 g/mol. The summed E-state index contributed by atoms with van der Waals surface area (Å²) in [5.41, 5.74) is 1.91. The van der Waals surface area contributed by atoms with Crippen LogP contribution in [0.5, 0.6) is 0 Å². The van der Waals surface area contributed by atoms with Gasteiger partial charge in [-0.15, -0.1) is 0 Å². The second kappa shape index (κ2) is 4.70. The first-order chi connectivity index (χ1) is 9.16. The van der Waals surface area contributed by atoms with Crippen LogP contribution in [0.15, 0.2) is 21.5 Å². The van der Waals surface area contributed by atoms with E-state index < -0.39 is 5.97 Å². The molecule has 5 nitrogen and oxygen atoms in total. The maximum atomic E-state index is 12.0. The zero-order chi connectivity index (χ0) is 13.4. The molecule has 0 aromatic carbocycles. The Morgan fingerprint density at radius 1 is 1.47 bits per heavy atom. The van der Waals surface area contributed by atoms with Crippen LogP contribution in [-0.2, 0) is 24.2 Å². The Morgan fingerprint density at radius 3 is 3.11 bits per heavy atom. The van der Waals surface area contributed by atoms with Crippen molar-refractivity contribution in [1.82, 2.24) is 4.57 Å². The minimum atomic E-state index is -0.832. The predicted octanol–water partition coefficient (Wildman–Crippen LogP) is 2.13. The van der Waals surface area contributed by atoms with E-state index in [1.165, 1.54) is 11.3 Å². The number of rotatable bonds is 4. The molecule has 0 bridgehead atoms. The minimum absolute atomic E-state index is 0.00978. The molecule has 3 rings (SSSR count). The number of aromatic nitrogens is 1. The number of hydrogen-bond donors (Lipinski definition) is 1. The van der Waals surface area contributed by atoms with Crippen LogP contribution in [0.2, 0.25) is 0 Å². The lowest BCUT2D eigenvalue weighted by molar-refractivity contribution is -0.137. The summed E-state index contributed by atoms with van der Waals surface area (Å²) in [5, 5.41) is 8.67. The third-order valence-electron chi connectivity index (χ3n) is 3.32. The fraction of sp³-hybridized carbons (Fsp3) is 0.385. The summed E-state index contributed by atoms with van der Waals surface area (Å²) in [6.45, 7) is 0.446. The van der Waals surface area contributed by atoms with E-state index in [1.54, 1.807) is 10.8 Å². The summed E-state index contributed by atoms with van der Waals surface area (Å²) in [5.74, 6) is 0.0819. The number of fused-ring (bicyclic) bond motifs is 3. The SMILES string of the molecule is O=C(O)CCCn1c2c(sc1=O)CCc1occc1-2. The van der Waals surface area contributed by atoms with Gasteiger partial charge >= 0.3 is 10.8 Å². The molecule has 2 aromatic heterocycles. The minimum Gasteiger partial charge on any atom is -0.481 e. The fourth-order valence-corrected chi connectivity index (χ4v) is 3.50. The maximum absolute atomic E-state index is 12.0. The van der Waals surface area contributed by atoms with Crippen LogP contribution in [0.1, 0.15) is 23.5 Å². The van der Waals surface area contributed by atoms with Crippen molar-refractivity contribution in [1.29, 1.82) is 0 Å². The van der Waals surface area contributed by atoms with E-state index >= 15 is 0 Å². The van der Waals surface area contributed by atoms with E-state index in [0.29, 0.717) is 13.0 Å². The van der Waals surface area contributed by atoms with Crippen LogP contribution >= 0.6 is 11.3 Å². The molecule has 0 saturated carbocycles. The highest BCUT2D eigenvalue weighted by atomic mass is 32.1. The average molecular weight is 279 g/mol. The third kappa shape index (κ3) is 2.12. The molecule has 0 radical (unpaired) electrons. The van der Waals surface area contributed by atoms with Crippen molar-refractivity contribution >= 4 is 17.3 Å². The van der Waals surface area contributed by atoms with E-state index in [-0.39, 0.29) is 11.3 Å². The van der Waals surface area contributed by atoms with Gasteiger partial charge in [0.1, 0.15) is 5.76 Å². The first kappa shape index (κ1) is 12.2. The van der Waals surface area contributed by atoms with Crippen LogP contribution in [0.25, 0.3) is 11.3 Å². The number of furan rings is 1. The number of hydrogen-bond acceptors (Lipinski definition) is 4. The first-order valence-electron chi connectivity index (χ1n) is 6.18. The molecule has 2 aromatic rings. The Balaban J connectivity index is 1.96. The average Bonchev–Trinajstić information content (AvgIpc) is 2.93. The van der Waals surface area contributed by atoms with Gasteiger partial charge in [0.25, 0.3) is 0 Å². The van der Waals surface area contributed by atoms with Crippen molar-refractivity contribution in [3.63, 3.8) is 0 Å². The standard InChI is InChI=1S/C13H13NO4S/c15-11(16)2-1-6-14-12-8-5-7-18-9(8)3-4-10(12)19-13(14)17/h5,7H,1-4,6H2,(H,15,16). The molecule has 0 saturated heterocycles. The monoisotopic (exact) mass is 279 g/mol. The smallest absolute Gasteiger partial charge is 0.307 e. The summed E-state index contributed by atoms with van der Waals surface area (Å²) >= 11 is 1.26. The van der Waals surface area contributed by atoms with Gasteiger partial charge in [-0.05, 0) is 18.9 Å². The topological polar surface area (TPSA) is 72.4 Å². The first-order valence-corrected chi connectivity index (χ1v) is 6.99. The molecule has 100 valence electrons. The van der Waals surface area contributed by atoms with Crippen LogP contribution in [0.3, 0.4) is 0 Å². The number of carboxylic acid groups (broad SMARTS) is 1. The highest BCUT2D eigenvalue weighted by Gasteiger charge is 2.24. The second-order valence-corrected chi connectivity index (χ2v) is 5.59. The van der Waals surface area contributed by atoms with Gasteiger partial charge in [0, 0.05) is 29.8 Å². The van der Waals surface area contributed by atoms with Crippen molar-refractivity contribution < 1.29 is 14.3 Å². The summed E-state index contributed by atoms with van der Waals surface area (Å²) < 4.78 is 7.11. The predicted molar refractivity (Wildman–Crippen MR) is 70.6 cm³/mol. The molecule has 1 aliphatic rings. The molecule has 0 spiro atoms. The van der Waals surface area contributed by atoms with Gasteiger partial charge in [-0.3, -0.25) is 14.2 Å². The maximum Gasteiger partial charge on any atom is 0.307 e. The zero-order valence-electron chi connectivity index (χ0n) is 10.2. The summed E-state index contributed by atoms with van der Waals surface area (Å²) in [4.78, 5) is 23.6. The van der Waals surface area contributed by atoms with Crippen LogP contribution in [0.4, 0.5) is 0 Å². The number of carboxylic acids is 1. The van der Waals surface area contributed by atoms with Gasteiger partial charge in [0.05, 0.1) is 12.0 Å². The molecule has 0 aliphatic heterocycles. The summed E-state index contributed by atoms with van der Waals surface area (Å²) in [6.07, 6.45) is 3.83. The second-order valence-electron chi connectivity index (χ2n) is 4.55. The molecule has 2 heterocycles. The Morgan fingerprint density at radius 2 is 2.32 bits per heavy atom. The Hall–Kier alpha value is -1.82. The van der Waals surface area contributed by atoms with Crippen molar-refractivity contribution in [2.75, 3.05) is 0 Å². The van der Waals surface area contributed by atoms with E-state index in [9.17, 15) is 9.59 Å². The van der Waals surface area contributed by atoms with E-state index in [4.69, 9.17) is 9.52 Å². The van der Waals surface area contributed by atoms with Crippen molar-refractivity contribution in [3.8, 4) is 11.3 Å². The van der Waals surface area contributed by atoms with Gasteiger partial charge < -0.3 is 9.52 Å². The van der Waals surface area contributed by atoms with Crippen molar-refractivity contribution in [2.24, 2.45) is 0 Å². The Labute approximate surface area is 113 Å². The highest BCUT2D eigenvalue weighted by Crippen LogP contribution is 2.35. The van der Waals surface area contributed by atoms with E-state index in [2.05, 4.69) is 0 Å². The molecule has 0 amide bonds. The normalized spacial score (nSPS) is 13.1. The van der Waals surface area contributed by atoms with Gasteiger partial charge in [-0.25, -0.2) is 0 Å². The van der Waals surface area contributed by atoms with Crippen molar-refractivity contribution in [3.05, 3.63) is 32.6 Å². The molecule has 19 heavy (non-hydrogen) atoms. The molecule has 6 heteroatoms. The lowest BCUT2D eigenvalue weighted by Gasteiger charge is -2.13. The lowest BCUT2D eigenvalue weighted by atomic mass is 10.0. The molecule has 0 atom stereocenters. The van der Waals surface area contributed by atoms with Crippen LogP contribution < -0.4 is 4.87 Å². The zero-order valence-corrected chi connectivity index (χ0v) is 11.0. The number of thiazole rings is 1.